The highest BCUT2D eigenvalue weighted by Crippen LogP contribution is 2.33. The normalized spacial score (nSPS) is 22.9. The highest BCUT2D eigenvalue weighted by Gasteiger charge is 2.32. The van der Waals surface area contributed by atoms with Crippen LogP contribution in [-0.2, 0) is 0 Å². The van der Waals surface area contributed by atoms with Crippen molar-refractivity contribution >= 4 is 29.3 Å². The van der Waals surface area contributed by atoms with Crippen LogP contribution in [0.4, 0.5) is 16.0 Å². The number of hydrogen-bond acceptors (Lipinski definition) is 5. The third-order valence-electron chi connectivity index (χ3n) is 5.06. The molecule has 0 saturated heterocycles. The number of nitrogens with two attached hydrogens (primary N) is 1. The standard InChI is InChI=1S/C20H25ClFN5O/c1-3-12(21)8-14-15(10-24-17(14)23)18-25-11-16(22)19(27-18)26-13-6-5-7-20(28,4-2)9-13/h4,8,10-11,13,24,28H,2-3,5-7,9,23H2,1H3,(H,25,26,27)/b12-8+. The molecule has 0 amide bonds. The summed E-state index contributed by atoms with van der Waals surface area (Å²) in [5, 5.41) is 14.2. The predicted molar refractivity (Wildman–Crippen MR) is 111 cm³/mol. The maximum absolute atomic E-state index is 14.3. The van der Waals surface area contributed by atoms with Crippen LogP contribution in [0.2, 0.25) is 0 Å². The summed E-state index contributed by atoms with van der Waals surface area (Å²) in [6.45, 7) is 5.64. The van der Waals surface area contributed by atoms with Gasteiger partial charge in [-0.05, 0) is 38.2 Å². The maximum Gasteiger partial charge on any atom is 0.183 e. The van der Waals surface area contributed by atoms with Gasteiger partial charge in [0.05, 0.1) is 11.8 Å². The highest BCUT2D eigenvalue weighted by molar-refractivity contribution is 6.31. The lowest BCUT2D eigenvalue weighted by Crippen LogP contribution is -2.39. The zero-order valence-corrected chi connectivity index (χ0v) is 16.6. The van der Waals surface area contributed by atoms with E-state index >= 15 is 0 Å². The second kappa shape index (κ2) is 8.32. The minimum Gasteiger partial charge on any atom is -0.386 e. The first-order valence-electron chi connectivity index (χ1n) is 9.33. The summed E-state index contributed by atoms with van der Waals surface area (Å²) in [4.78, 5) is 11.4. The summed E-state index contributed by atoms with van der Waals surface area (Å²) in [6.07, 6.45) is 9.52. The Labute approximate surface area is 168 Å². The molecule has 2 aromatic heterocycles. The molecule has 5 N–H and O–H groups in total. The molecule has 28 heavy (non-hydrogen) atoms. The molecule has 0 spiro atoms. The van der Waals surface area contributed by atoms with E-state index in [1.165, 1.54) is 0 Å². The first kappa shape index (κ1) is 20.4. The predicted octanol–water partition coefficient (Wildman–Crippen LogP) is 4.45. The van der Waals surface area contributed by atoms with Crippen molar-refractivity contribution in [3.8, 4) is 11.4 Å². The minimum atomic E-state index is -0.938. The van der Waals surface area contributed by atoms with Gasteiger partial charge >= 0.3 is 0 Å². The number of allylic oxidation sites excluding steroid dienone is 1. The third kappa shape index (κ3) is 4.36. The van der Waals surface area contributed by atoms with Gasteiger partial charge in [-0.2, -0.15) is 0 Å². The van der Waals surface area contributed by atoms with Crippen LogP contribution < -0.4 is 11.1 Å². The van der Waals surface area contributed by atoms with Crippen LogP contribution in [0.15, 0.2) is 30.1 Å². The largest absolute Gasteiger partial charge is 0.386 e. The summed E-state index contributed by atoms with van der Waals surface area (Å²) in [5.74, 6) is 0.314. The summed E-state index contributed by atoms with van der Waals surface area (Å²) >= 11 is 6.16. The van der Waals surface area contributed by atoms with E-state index in [9.17, 15) is 9.50 Å². The molecule has 2 atom stereocenters. The monoisotopic (exact) mass is 405 g/mol. The van der Waals surface area contributed by atoms with Gasteiger partial charge in [-0.1, -0.05) is 24.6 Å². The topological polar surface area (TPSA) is 99.8 Å². The second-order valence-electron chi connectivity index (χ2n) is 7.11. The van der Waals surface area contributed by atoms with E-state index in [0.29, 0.717) is 47.1 Å². The van der Waals surface area contributed by atoms with Crippen molar-refractivity contribution in [3.63, 3.8) is 0 Å². The molecule has 150 valence electrons. The van der Waals surface area contributed by atoms with Crippen molar-refractivity contribution in [3.05, 3.63) is 41.5 Å². The van der Waals surface area contributed by atoms with E-state index in [2.05, 4.69) is 26.8 Å². The van der Waals surface area contributed by atoms with Crippen molar-refractivity contribution in [1.29, 1.82) is 0 Å². The average Bonchev–Trinajstić information content (AvgIpc) is 3.04. The van der Waals surface area contributed by atoms with Crippen LogP contribution in [0.25, 0.3) is 17.5 Å². The Morgan fingerprint density at radius 2 is 2.39 bits per heavy atom. The lowest BCUT2D eigenvalue weighted by Gasteiger charge is -2.35. The Morgan fingerprint density at radius 1 is 1.61 bits per heavy atom. The Balaban J connectivity index is 1.90. The van der Waals surface area contributed by atoms with Gasteiger partial charge in [0.15, 0.2) is 17.5 Å². The molecule has 0 bridgehead atoms. The summed E-state index contributed by atoms with van der Waals surface area (Å²) in [7, 11) is 0. The van der Waals surface area contributed by atoms with E-state index < -0.39 is 11.4 Å². The molecule has 0 aromatic carbocycles. The molecule has 2 aromatic rings. The molecule has 6 nitrogen and oxygen atoms in total. The molecule has 0 radical (unpaired) electrons. The SMILES string of the molecule is C=CC1(O)CCCC(Nc2nc(-c3c[nH]c(N)c3/C=C(/Cl)CC)ncc2F)C1. The van der Waals surface area contributed by atoms with E-state index in [0.717, 1.165) is 19.0 Å². The molecule has 1 saturated carbocycles. The lowest BCUT2D eigenvalue weighted by atomic mass is 9.82. The Morgan fingerprint density at radius 3 is 3.11 bits per heavy atom. The molecule has 8 heteroatoms. The van der Waals surface area contributed by atoms with Crippen LogP contribution in [-0.4, -0.2) is 31.7 Å². The number of H-pyrrole nitrogens is 1. The van der Waals surface area contributed by atoms with Gasteiger partial charge in [0, 0.05) is 28.4 Å². The van der Waals surface area contributed by atoms with Gasteiger partial charge in [-0.3, -0.25) is 0 Å². The van der Waals surface area contributed by atoms with Crippen LogP contribution in [0.1, 0.15) is 44.6 Å². The number of halogens is 2. The Hall–Kier alpha value is -2.38. The molecule has 1 fully saturated rings. The van der Waals surface area contributed by atoms with Gasteiger partial charge < -0.3 is 21.1 Å². The van der Waals surface area contributed by atoms with Crippen molar-refractivity contribution in [1.82, 2.24) is 15.0 Å². The van der Waals surface area contributed by atoms with E-state index in [1.54, 1.807) is 18.3 Å². The van der Waals surface area contributed by atoms with Crippen molar-refractivity contribution < 1.29 is 9.50 Å². The molecular weight excluding hydrogens is 381 g/mol. The molecule has 1 aliphatic rings. The molecule has 2 heterocycles. The van der Waals surface area contributed by atoms with Gasteiger partial charge in [0.1, 0.15) is 5.82 Å². The van der Waals surface area contributed by atoms with Gasteiger partial charge in [-0.15, -0.1) is 6.58 Å². The quantitative estimate of drug-likeness (QED) is 0.532. The van der Waals surface area contributed by atoms with Crippen LogP contribution in [0, 0.1) is 5.82 Å². The van der Waals surface area contributed by atoms with E-state index in [1.807, 2.05) is 6.92 Å². The first-order chi connectivity index (χ1) is 13.3. The van der Waals surface area contributed by atoms with Gasteiger partial charge in [-0.25, -0.2) is 14.4 Å². The van der Waals surface area contributed by atoms with E-state index in [4.69, 9.17) is 17.3 Å². The molecular formula is C20H25ClFN5O. The van der Waals surface area contributed by atoms with Crippen LogP contribution in [0.3, 0.4) is 0 Å². The second-order valence-corrected chi connectivity index (χ2v) is 7.60. The van der Waals surface area contributed by atoms with Crippen molar-refractivity contribution in [2.75, 3.05) is 11.1 Å². The lowest BCUT2D eigenvalue weighted by molar-refractivity contribution is 0.0469. The number of anilines is 2. The number of nitrogens with zero attached hydrogens (tertiary/aromatic N) is 2. The summed E-state index contributed by atoms with van der Waals surface area (Å²) < 4.78 is 14.3. The Kier molecular flexibility index (Phi) is 6.05. The fourth-order valence-electron chi connectivity index (χ4n) is 3.44. The number of nitrogen functional groups attached to an aromatic ring is 1. The van der Waals surface area contributed by atoms with Crippen molar-refractivity contribution in [2.24, 2.45) is 0 Å². The molecule has 1 aliphatic carbocycles. The highest BCUT2D eigenvalue weighted by atomic mass is 35.5. The number of aliphatic hydroxyl groups is 1. The number of aromatic nitrogens is 3. The summed E-state index contributed by atoms with van der Waals surface area (Å²) in [5.41, 5.74) is 6.37. The fourth-order valence-corrected chi connectivity index (χ4v) is 3.54. The third-order valence-corrected chi connectivity index (χ3v) is 5.44. The zero-order chi connectivity index (χ0) is 20.3. The zero-order valence-electron chi connectivity index (χ0n) is 15.8. The van der Waals surface area contributed by atoms with E-state index in [-0.39, 0.29) is 11.9 Å². The molecule has 2 unspecified atom stereocenters. The average molecular weight is 406 g/mol. The van der Waals surface area contributed by atoms with Crippen LogP contribution >= 0.6 is 11.6 Å². The summed E-state index contributed by atoms with van der Waals surface area (Å²) in [6, 6.07) is -0.112. The number of aromatic amines is 1. The van der Waals surface area contributed by atoms with Crippen molar-refractivity contribution in [2.45, 2.75) is 50.7 Å². The smallest absolute Gasteiger partial charge is 0.183 e. The van der Waals surface area contributed by atoms with Gasteiger partial charge in [0.2, 0.25) is 0 Å². The Bertz CT molecular complexity index is 897. The van der Waals surface area contributed by atoms with Crippen LogP contribution in [0.5, 0.6) is 0 Å². The number of hydrogen-bond donors (Lipinski definition) is 4. The first-order valence-corrected chi connectivity index (χ1v) is 9.71. The molecule has 0 aliphatic heterocycles. The number of rotatable bonds is 6. The maximum atomic E-state index is 14.3. The number of nitrogens with one attached hydrogen (secondary N) is 2. The van der Waals surface area contributed by atoms with Gasteiger partial charge in [0.25, 0.3) is 0 Å². The minimum absolute atomic E-state index is 0.0969. The fraction of sp³-hybridized carbons (Fsp3) is 0.400. The molecule has 3 rings (SSSR count).